The van der Waals surface area contributed by atoms with E-state index in [-0.39, 0.29) is 18.1 Å². The second-order valence-corrected chi connectivity index (χ2v) is 2.24. The third-order valence-electron chi connectivity index (χ3n) is 1.40. The highest BCUT2D eigenvalue weighted by molar-refractivity contribution is 5.38. The van der Waals surface area contributed by atoms with Gasteiger partial charge in [-0.3, -0.25) is 0 Å². The van der Waals surface area contributed by atoms with Crippen LogP contribution in [-0.2, 0) is 16.4 Å². The zero-order valence-corrected chi connectivity index (χ0v) is 6.65. The molecule has 0 aliphatic carbocycles. The van der Waals surface area contributed by atoms with Crippen LogP contribution in [0.2, 0.25) is 0 Å². The Kier molecular flexibility index (Phi) is 2.90. The monoisotopic (exact) mass is 170 g/mol. The Bertz CT molecular complexity index is 259. The molecule has 0 heterocycles. The van der Waals surface area contributed by atoms with E-state index in [1.54, 1.807) is 6.07 Å². The molecule has 1 rings (SSSR count). The van der Waals surface area contributed by atoms with Crippen LogP contribution in [0.1, 0.15) is 5.56 Å². The van der Waals surface area contributed by atoms with Gasteiger partial charge in [0.05, 0.1) is 7.11 Å². The Hall–Kier alpha value is -1.26. The van der Waals surface area contributed by atoms with E-state index in [0.29, 0.717) is 5.56 Å². The van der Waals surface area contributed by atoms with Crippen LogP contribution in [0.5, 0.6) is 11.5 Å². The van der Waals surface area contributed by atoms with Crippen molar-refractivity contribution in [3.8, 4) is 11.5 Å². The average Bonchev–Trinajstić information content (AvgIpc) is 2.03. The standard InChI is InChI=1S/C8H10O4/c1-11-12-5-6-2-3-7(9)4-8(6)10/h2-4,9-10H,5H2,1H3. The van der Waals surface area contributed by atoms with Gasteiger partial charge in [0.1, 0.15) is 18.1 Å². The van der Waals surface area contributed by atoms with Crippen LogP contribution in [-0.4, -0.2) is 17.3 Å². The molecule has 0 amide bonds. The summed E-state index contributed by atoms with van der Waals surface area (Å²) in [5, 5.41) is 18.2. The highest BCUT2D eigenvalue weighted by Gasteiger charge is 2.01. The molecule has 0 aliphatic rings. The van der Waals surface area contributed by atoms with Gasteiger partial charge in [-0.05, 0) is 12.1 Å². The van der Waals surface area contributed by atoms with E-state index in [1.165, 1.54) is 19.2 Å². The van der Waals surface area contributed by atoms with Crippen molar-refractivity contribution >= 4 is 0 Å². The summed E-state index contributed by atoms with van der Waals surface area (Å²) < 4.78 is 0. The van der Waals surface area contributed by atoms with Crippen molar-refractivity contribution in [2.75, 3.05) is 7.11 Å². The SMILES string of the molecule is COOCc1ccc(O)cc1O. The van der Waals surface area contributed by atoms with Crippen LogP contribution in [0.3, 0.4) is 0 Å². The first kappa shape index (κ1) is 8.83. The van der Waals surface area contributed by atoms with E-state index < -0.39 is 0 Å². The molecule has 0 aromatic heterocycles. The quantitative estimate of drug-likeness (QED) is 0.528. The second-order valence-electron chi connectivity index (χ2n) is 2.24. The molecule has 12 heavy (non-hydrogen) atoms. The number of benzene rings is 1. The maximum Gasteiger partial charge on any atom is 0.124 e. The minimum Gasteiger partial charge on any atom is -0.508 e. The number of aromatic hydroxyl groups is 2. The Morgan fingerprint density at radius 2 is 2.08 bits per heavy atom. The summed E-state index contributed by atoms with van der Waals surface area (Å²) in [6.45, 7) is 0.155. The van der Waals surface area contributed by atoms with Crippen LogP contribution in [0, 0.1) is 0 Å². The van der Waals surface area contributed by atoms with Crippen LogP contribution >= 0.6 is 0 Å². The molecule has 66 valence electrons. The molecule has 2 N–H and O–H groups in total. The molecule has 0 radical (unpaired) electrons. The molecule has 0 saturated heterocycles. The van der Waals surface area contributed by atoms with Gasteiger partial charge in [-0.1, -0.05) is 0 Å². The zero-order chi connectivity index (χ0) is 8.97. The fourth-order valence-corrected chi connectivity index (χ4v) is 0.797. The first-order valence-electron chi connectivity index (χ1n) is 3.40. The molecule has 0 bridgehead atoms. The summed E-state index contributed by atoms with van der Waals surface area (Å²) in [4.78, 5) is 8.96. The van der Waals surface area contributed by atoms with Crippen molar-refractivity contribution in [3.05, 3.63) is 23.8 Å². The number of hydrogen-bond donors (Lipinski definition) is 2. The van der Waals surface area contributed by atoms with Gasteiger partial charge in [-0.2, -0.15) is 0 Å². The summed E-state index contributed by atoms with van der Waals surface area (Å²) in [7, 11) is 1.39. The third kappa shape index (κ3) is 2.11. The molecule has 1 aromatic rings. The van der Waals surface area contributed by atoms with Crippen molar-refractivity contribution in [3.63, 3.8) is 0 Å². The Morgan fingerprint density at radius 1 is 1.33 bits per heavy atom. The molecule has 4 heteroatoms. The average molecular weight is 170 g/mol. The zero-order valence-electron chi connectivity index (χ0n) is 6.65. The van der Waals surface area contributed by atoms with Gasteiger partial charge < -0.3 is 10.2 Å². The van der Waals surface area contributed by atoms with Crippen LogP contribution in [0.25, 0.3) is 0 Å². The predicted octanol–water partition coefficient (Wildman–Crippen LogP) is 1.18. The molecule has 4 nitrogen and oxygen atoms in total. The van der Waals surface area contributed by atoms with E-state index in [1.807, 2.05) is 0 Å². The van der Waals surface area contributed by atoms with E-state index in [2.05, 4.69) is 9.78 Å². The van der Waals surface area contributed by atoms with E-state index in [9.17, 15) is 5.11 Å². The topological polar surface area (TPSA) is 58.9 Å². The van der Waals surface area contributed by atoms with Crippen LogP contribution < -0.4 is 0 Å². The molecule has 0 saturated carbocycles. The molecule has 0 spiro atoms. The van der Waals surface area contributed by atoms with Crippen molar-refractivity contribution in [2.24, 2.45) is 0 Å². The lowest BCUT2D eigenvalue weighted by molar-refractivity contribution is -0.282. The van der Waals surface area contributed by atoms with E-state index in [0.717, 1.165) is 0 Å². The van der Waals surface area contributed by atoms with Gasteiger partial charge in [0.15, 0.2) is 0 Å². The van der Waals surface area contributed by atoms with Gasteiger partial charge >= 0.3 is 0 Å². The first-order valence-corrected chi connectivity index (χ1v) is 3.40. The molecular weight excluding hydrogens is 160 g/mol. The lowest BCUT2D eigenvalue weighted by atomic mass is 10.2. The Balaban J connectivity index is 2.72. The minimum atomic E-state index is -0.00736. The maximum atomic E-state index is 9.22. The summed E-state index contributed by atoms with van der Waals surface area (Å²) in [6, 6.07) is 4.27. The van der Waals surface area contributed by atoms with Crippen molar-refractivity contribution < 1.29 is 20.0 Å². The smallest absolute Gasteiger partial charge is 0.124 e. The number of hydrogen-bond acceptors (Lipinski definition) is 4. The highest BCUT2D eigenvalue weighted by atomic mass is 17.2. The predicted molar refractivity (Wildman–Crippen MR) is 41.6 cm³/mol. The number of phenolic OH excluding ortho intramolecular Hbond substituents is 2. The van der Waals surface area contributed by atoms with Gasteiger partial charge in [0.2, 0.25) is 0 Å². The van der Waals surface area contributed by atoms with Crippen molar-refractivity contribution in [2.45, 2.75) is 6.61 Å². The Morgan fingerprint density at radius 3 is 2.67 bits per heavy atom. The molecule has 0 aliphatic heterocycles. The summed E-state index contributed by atoms with van der Waals surface area (Å²) in [5.74, 6) is 0.0146. The van der Waals surface area contributed by atoms with Gasteiger partial charge in [-0.25, -0.2) is 9.78 Å². The maximum absolute atomic E-state index is 9.22. The van der Waals surface area contributed by atoms with E-state index in [4.69, 9.17) is 5.11 Å². The largest absolute Gasteiger partial charge is 0.508 e. The molecule has 0 fully saturated rings. The minimum absolute atomic E-state index is 0.00736. The van der Waals surface area contributed by atoms with Crippen LogP contribution in [0.15, 0.2) is 18.2 Å². The van der Waals surface area contributed by atoms with Crippen molar-refractivity contribution in [1.82, 2.24) is 0 Å². The number of rotatable bonds is 3. The van der Waals surface area contributed by atoms with Gasteiger partial charge in [0.25, 0.3) is 0 Å². The molecule has 0 atom stereocenters. The van der Waals surface area contributed by atoms with Gasteiger partial charge in [-0.15, -0.1) is 0 Å². The molecule has 1 aromatic carbocycles. The van der Waals surface area contributed by atoms with Crippen LogP contribution in [0.4, 0.5) is 0 Å². The fourth-order valence-electron chi connectivity index (χ4n) is 0.797. The second kappa shape index (κ2) is 3.94. The van der Waals surface area contributed by atoms with Gasteiger partial charge in [0, 0.05) is 11.6 Å². The third-order valence-corrected chi connectivity index (χ3v) is 1.40. The summed E-state index contributed by atoms with van der Waals surface area (Å²) >= 11 is 0. The molecular formula is C8H10O4. The first-order chi connectivity index (χ1) is 5.74. The lowest BCUT2D eigenvalue weighted by Crippen LogP contribution is -1.91. The van der Waals surface area contributed by atoms with E-state index >= 15 is 0 Å². The Labute approximate surface area is 69.9 Å². The normalized spacial score (nSPS) is 10.1. The summed E-state index contributed by atoms with van der Waals surface area (Å²) in [5.41, 5.74) is 0.564. The number of phenols is 2. The summed E-state index contributed by atoms with van der Waals surface area (Å²) in [6.07, 6.45) is 0. The molecule has 0 unspecified atom stereocenters. The lowest BCUT2D eigenvalue weighted by Gasteiger charge is -2.03. The fraction of sp³-hybridized carbons (Fsp3) is 0.250. The highest BCUT2D eigenvalue weighted by Crippen LogP contribution is 2.22. The van der Waals surface area contributed by atoms with Crippen molar-refractivity contribution in [1.29, 1.82) is 0 Å².